The Morgan fingerprint density at radius 2 is 1.64 bits per heavy atom. The predicted octanol–water partition coefficient (Wildman–Crippen LogP) is -1.63. The summed E-state index contributed by atoms with van der Waals surface area (Å²) in [6, 6.07) is 0. The Morgan fingerprint density at radius 3 is 2.00 bits per heavy atom. The Morgan fingerprint density at radius 1 is 1.18 bits per heavy atom. The van der Waals surface area contributed by atoms with Crippen molar-refractivity contribution in [1.82, 2.24) is 5.06 Å². The molecule has 0 aromatic carbocycles. The Balaban J connectivity index is 2.74. The number of rotatable bonds is 2. The van der Waals surface area contributed by atoms with Gasteiger partial charge in [0.05, 0.1) is 0 Å². The van der Waals surface area contributed by atoms with Crippen molar-refractivity contribution in [1.29, 1.82) is 0 Å². The van der Waals surface area contributed by atoms with E-state index in [1.165, 1.54) is 0 Å². The zero-order valence-electron chi connectivity index (χ0n) is 5.09. The normalized spacial score (nSPS) is 17.0. The molecule has 0 atom stereocenters. The van der Waals surface area contributed by atoms with E-state index in [1.54, 1.807) is 0 Å². The van der Waals surface area contributed by atoms with E-state index in [-0.39, 0.29) is 5.06 Å². The number of imide groups is 1. The zero-order chi connectivity index (χ0) is 8.43. The van der Waals surface area contributed by atoms with Gasteiger partial charge in [-0.25, -0.2) is 8.42 Å². The molecule has 0 unspecified atom stereocenters. The number of amides is 2. The summed E-state index contributed by atoms with van der Waals surface area (Å²) in [5.74, 6) is -1.59. The summed E-state index contributed by atoms with van der Waals surface area (Å²) in [6.07, 6.45) is 1.84. The van der Waals surface area contributed by atoms with Crippen LogP contribution in [0.25, 0.3) is 0 Å². The topological polar surface area (TPSA) is 80.8 Å². The molecular weight excluding hydrogens is 174 g/mol. The zero-order valence-corrected chi connectivity index (χ0v) is 5.98. The highest BCUT2D eigenvalue weighted by Gasteiger charge is 2.25. The fourth-order valence-electron chi connectivity index (χ4n) is 0.534. The molecule has 0 bridgehead atoms. The van der Waals surface area contributed by atoms with E-state index in [0.717, 1.165) is 12.2 Å². The quantitative estimate of drug-likeness (QED) is 0.404. The van der Waals surface area contributed by atoms with Gasteiger partial charge in [0.15, 0.2) is 0 Å². The molecule has 60 valence electrons. The van der Waals surface area contributed by atoms with Crippen LogP contribution in [0.1, 0.15) is 0 Å². The van der Waals surface area contributed by atoms with Gasteiger partial charge in [0.25, 0.3) is 22.8 Å². The monoisotopic (exact) mass is 177 g/mol. The molecule has 1 heterocycles. The second-order valence-corrected chi connectivity index (χ2v) is 2.22. The summed E-state index contributed by atoms with van der Waals surface area (Å²) in [6.45, 7) is 0. The van der Waals surface area contributed by atoms with Crippen molar-refractivity contribution in [2.45, 2.75) is 0 Å². The fraction of sp³-hybridized carbons (Fsp3) is 0. The predicted molar refractivity (Wildman–Crippen MR) is 32.4 cm³/mol. The molecular formula is C4H3NO5S. The van der Waals surface area contributed by atoms with Crippen molar-refractivity contribution in [3.05, 3.63) is 12.2 Å². The van der Waals surface area contributed by atoms with Crippen molar-refractivity contribution in [2.75, 3.05) is 0 Å². The standard InChI is InChI=1S/C4H3NO5S/c6-3-1-2-4(7)5(3)10-11(8)9/h1-2,11H. The van der Waals surface area contributed by atoms with Gasteiger partial charge in [0.1, 0.15) is 0 Å². The molecule has 7 heteroatoms. The Labute approximate surface area is 63.2 Å². The molecule has 0 aromatic heterocycles. The lowest BCUT2D eigenvalue weighted by atomic mass is 10.6. The van der Waals surface area contributed by atoms with Crippen LogP contribution in [0, 0.1) is 0 Å². The molecule has 11 heavy (non-hydrogen) atoms. The molecule has 6 nitrogen and oxygen atoms in total. The average Bonchev–Trinajstić information content (AvgIpc) is 2.18. The second kappa shape index (κ2) is 2.81. The number of carbonyl (C=O) groups excluding carboxylic acids is 2. The van der Waals surface area contributed by atoms with E-state index in [9.17, 15) is 18.0 Å². The van der Waals surface area contributed by atoms with E-state index in [1.807, 2.05) is 0 Å². The van der Waals surface area contributed by atoms with Crippen LogP contribution in [0.2, 0.25) is 0 Å². The summed E-state index contributed by atoms with van der Waals surface area (Å²) < 4.78 is 23.6. The van der Waals surface area contributed by atoms with Gasteiger partial charge in [-0.2, -0.15) is 0 Å². The molecule has 0 aromatic rings. The molecule has 0 N–H and O–H groups in total. The summed E-state index contributed by atoms with van der Waals surface area (Å²) in [5, 5.41) is 0.158. The highest BCUT2D eigenvalue weighted by atomic mass is 32.2. The Hall–Kier alpha value is -1.21. The minimum Gasteiger partial charge on any atom is -0.267 e. The lowest BCUT2D eigenvalue weighted by Crippen LogP contribution is -2.29. The van der Waals surface area contributed by atoms with Crippen LogP contribution >= 0.6 is 0 Å². The van der Waals surface area contributed by atoms with E-state index in [0.29, 0.717) is 0 Å². The van der Waals surface area contributed by atoms with Crippen LogP contribution in [0.4, 0.5) is 0 Å². The van der Waals surface area contributed by atoms with Crippen molar-refractivity contribution < 1.29 is 22.3 Å². The lowest BCUT2D eigenvalue weighted by molar-refractivity contribution is -0.161. The first-order valence-electron chi connectivity index (χ1n) is 2.50. The van der Waals surface area contributed by atoms with Gasteiger partial charge in [-0.1, -0.05) is 0 Å². The second-order valence-electron chi connectivity index (χ2n) is 1.61. The molecule has 0 saturated heterocycles. The van der Waals surface area contributed by atoms with Crippen LogP contribution in [0.15, 0.2) is 12.2 Å². The van der Waals surface area contributed by atoms with Crippen LogP contribution in [0.5, 0.6) is 0 Å². The van der Waals surface area contributed by atoms with E-state index in [4.69, 9.17) is 0 Å². The third-order valence-electron chi connectivity index (χ3n) is 0.917. The first-order chi connectivity index (χ1) is 5.11. The maximum Gasteiger partial charge on any atom is 0.279 e. The average molecular weight is 177 g/mol. The number of hydrogen-bond donors (Lipinski definition) is 1. The largest absolute Gasteiger partial charge is 0.279 e. The summed E-state index contributed by atoms with van der Waals surface area (Å²) in [4.78, 5) is 21.1. The molecule has 0 fully saturated rings. The summed E-state index contributed by atoms with van der Waals surface area (Å²) in [5.41, 5.74) is 0. The minimum atomic E-state index is -3.22. The molecule has 1 rings (SSSR count). The first kappa shape index (κ1) is 7.89. The number of nitrogens with zero attached hydrogens (tertiary/aromatic N) is 1. The SMILES string of the molecule is O=C1C=CC(=O)N1O[SH](=O)=O. The Kier molecular flexibility index (Phi) is 2.01. The van der Waals surface area contributed by atoms with Gasteiger partial charge < -0.3 is 0 Å². The van der Waals surface area contributed by atoms with E-state index >= 15 is 0 Å². The molecule has 0 saturated carbocycles. The van der Waals surface area contributed by atoms with Gasteiger partial charge in [-0.3, -0.25) is 9.59 Å². The van der Waals surface area contributed by atoms with Gasteiger partial charge in [0.2, 0.25) is 0 Å². The first-order valence-corrected chi connectivity index (χ1v) is 3.59. The maximum atomic E-state index is 10.5. The van der Waals surface area contributed by atoms with Crippen molar-refractivity contribution in [3.8, 4) is 0 Å². The molecule has 0 aliphatic carbocycles. The van der Waals surface area contributed by atoms with Gasteiger partial charge in [0, 0.05) is 12.2 Å². The van der Waals surface area contributed by atoms with Crippen LogP contribution in [0.3, 0.4) is 0 Å². The van der Waals surface area contributed by atoms with Gasteiger partial charge in [-0.15, -0.1) is 9.35 Å². The van der Waals surface area contributed by atoms with Crippen LogP contribution in [-0.4, -0.2) is 25.3 Å². The molecule has 1 aliphatic heterocycles. The molecule has 1 aliphatic rings. The smallest absolute Gasteiger partial charge is 0.267 e. The maximum absolute atomic E-state index is 10.5. The van der Waals surface area contributed by atoms with Gasteiger partial charge in [-0.05, 0) is 0 Å². The summed E-state index contributed by atoms with van der Waals surface area (Å²) >= 11 is 0. The van der Waals surface area contributed by atoms with Gasteiger partial charge >= 0.3 is 0 Å². The number of thiol groups is 1. The minimum absolute atomic E-state index is 0.158. The van der Waals surface area contributed by atoms with E-state index in [2.05, 4.69) is 4.28 Å². The summed E-state index contributed by atoms with van der Waals surface area (Å²) in [7, 11) is -3.22. The molecule has 0 spiro atoms. The highest BCUT2D eigenvalue weighted by molar-refractivity contribution is 7.67. The Bertz CT molecular complexity index is 278. The lowest BCUT2D eigenvalue weighted by Gasteiger charge is -2.05. The van der Waals surface area contributed by atoms with Crippen LogP contribution in [-0.2, 0) is 24.9 Å². The molecule has 0 radical (unpaired) electrons. The highest BCUT2D eigenvalue weighted by Crippen LogP contribution is 2.03. The van der Waals surface area contributed by atoms with Crippen molar-refractivity contribution in [3.63, 3.8) is 0 Å². The number of hydroxylamine groups is 2. The fourth-order valence-corrected chi connectivity index (χ4v) is 0.828. The molecule has 2 amide bonds. The van der Waals surface area contributed by atoms with Crippen LogP contribution < -0.4 is 0 Å². The van der Waals surface area contributed by atoms with E-state index < -0.39 is 22.8 Å². The number of carbonyl (C=O) groups is 2. The third kappa shape index (κ3) is 1.63. The van der Waals surface area contributed by atoms with Crippen molar-refractivity contribution >= 4 is 22.8 Å². The number of hydrogen-bond acceptors (Lipinski definition) is 5. The third-order valence-corrected chi connectivity index (χ3v) is 1.21. The van der Waals surface area contributed by atoms with Crippen molar-refractivity contribution in [2.24, 2.45) is 0 Å².